The van der Waals surface area contributed by atoms with Gasteiger partial charge in [0.1, 0.15) is 0 Å². The van der Waals surface area contributed by atoms with Gasteiger partial charge in [0.2, 0.25) is 0 Å². The molecule has 2 rings (SSSR count). The zero-order valence-corrected chi connectivity index (χ0v) is 8.18. The van der Waals surface area contributed by atoms with E-state index in [4.69, 9.17) is 4.74 Å². The first-order valence-corrected chi connectivity index (χ1v) is 4.83. The molecular weight excluding hydrogens is 207 g/mol. The summed E-state index contributed by atoms with van der Waals surface area (Å²) >= 11 is 0.886. The summed E-state index contributed by atoms with van der Waals surface area (Å²) in [7, 11) is 0. The van der Waals surface area contributed by atoms with Gasteiger partial charge in [-0.1, -0.05) is 11.3 Å². The maximum atomic E-state index is 12.8. The molecule has 0 aliphatic carbocycles. The Morgan fingerprint density at radius 1 is 1.79 bits per heavy atom. The molecule has 0 aliphatic heterocycles. The third kappa shape index (κ3) is 1.37. The van der Waals surface area contributed by atoms with E-state index in [1.165, 1.54) is 16.8 Å². The zero-order valence-electron chi connectivity index (χ0n) is 7.36. The normalized spacial score (nSPS) is 10.7. The Morgan fingerprint density at radius 3 is 3.29 bits per heavy atom. The van der Waals surface area contributed by atoms with Gasteiger partial charge in [-0.05, 0) is 6.92 Å². The molecule has 0 amide bonds. The molecule has 0 unspecified atom stereocenters. The van der Waals surface area contributed by atoms with Crippen LogP contribution >= 0.6 is 11.3 Å². The number of rotatable bonds is 2. The number of carbonyl (C=O) groups excluding carboxylic acids is 1. The second-order valence-corrected chi connectivity index (χ2v) is 3.51. The summed E-state index contributed by atoms with van der Waals surface area (Å²) in [6, 6.07) is 0. The molecule has 0 aliphatic rings. The molecular formula is C8H7FN2O2S. The highest BCUT2D eigenvalue weighted by Gasteiger charge is 2.14. The number of ether oxygens (including phenoxy) is 1. The molecule has 0 saturated carbocycles. The molecule has 0 atom stereocenters. The van der Waals surface area contributed by atoms with Crippen molar-refractivity contribution in [2.24, 2.45) is 0 Å². The lowest BCUT2D eigenvalue weighted by Gasteiger charge is -1.98. The monoisotopic (exact) mass is 214 g/mol. The molecule has 2 heterocycles. The van der Waals surface area contributed by atoms with E-state index in [-0.39, 0.29) is 10.8 Å². The SMILES string of the molecule is CCOC(=O)c1cnc2sc(F)cn12. The fourth-order valence-corrected chi connectivity index (χ4v) is 1.80. The number of carbonyl (C=O) groups is 1. The van der Waals surface area contributed by atoms with E-state index in [1.54, 1.807) is 6.92 Å². The first-order valence-electron chi connectivity index (χ1n) is 4.02. The van der Waals surface area contributed by atoms with Gasteiger partial charge in [0.15, 0.2) is 15.8 Å². The number of esters is 1. The Hall–Kier alpha value is -1.43. The van der Waals surface area contributed by atoms with Gasteiger partial charge in [0.25, 0.3) is 0 Å². The van der Waals surface area contributed by atoms with Crippen LogP contribution in [0.15, 0.2) is 12.4 Å². The lowest BCUT2D eigenvalue weighted by molar-refractivity contribution is 0.0518. The first-order chi connectivity index (χ1) is 6.72. The summed E-state index contributed by atoms with van der Waals surface area (Å²) in [6.45, 7) is 2.00. The summed E-state index contributed by atoms with van der Waals surface area (Å²) in [5.74, 6) is -0.488. The van der Waals surface area contributed by atoms with Crippen LogP contribution in [-0.2, 0) is 4.74 Å². The minimum absolute atomic E-state index is 0.252. The van der Waals surface area contributed by atoms with Crippen molar-refractivity contribution in [2.75, 3.05) is 6.61 Å². The Balaban J connectivity index is 2.46. The van der Waals surface area contributed by atoms with E-state index in [1.807, 2.05) is 0 Å². The Morgan fingerprint density at radius 2 is 2.57 bits per heavy atom. The number of halogens is 1. The average Bonchev–Trinajstić information content (AvgIpc) is 2.62. The van der Waals surface area contributed by atoms with E-state index in [2.05, 4.69) is 4.98 Å². The van der Waals surface area contributed by atoms with Crippen LogP contribution in [0.2, 0.25) is 0 Å². The maximum absolute atomic E-state index is 12.8. The zero-order chi connectivity index (χ0) is 10.1. The fraction of sp³-hybridized carbons (Fsp3) is 0.250. The number of hydrogen-bond acceptors (Lipinski definition) is 4. The molecule has 74 valence electrons. The van der Waals surface area contributed by atoms with Crippen LogP contribution in [0, 0.1) is 5.13 Å². The van der Waals surface area contributed by atoms with Crippen molar-refractivity contribution < 1.29 is 13.9 Å². The maximum Gasteiger partial charge on any atom is 0.356 e. The van der Waals surface area contributed by atoms with Crippen LogP contribution in [0.4, 0.5) is 4.39 Å². The molecule has 14 heavy (non-hydrogen) atoms. The Labute approximate surface area is 82.9 Å². The number of imidazole rings is 1. The largest absolute Gasteiger partial charge is 0.461 e. The van der Waals surface area contributed by atoms with Gasteiger partial charge in [-0.25, -0.2) is 9.78 Å². The van der Waals surface area contributed by atoms with Crippen molar-refractivity contribution in [3.63, 3.8) is 0 Å². The van der Waals surface area contributed by atoms with Crippen LogP contribution in [0.5, 0.6) is 0 Å². The fourth-order valence-electron chi connectivity index (χ4n) is 1.12. The standard InChI is InChI=1S/C8H7FN2O2S/c1-2-13-7(12)5-3-10-8-11(5)4-6(9)14-8/h3-4H,2H2,1H3. The van der Waals surface area contributed by atoms with E-state index >= 15 is 0 Å². The van der Waals surface area contributed by atoms with Crippen molar-refractivity contribution in [1.29, 1.82) is 0 Å². The number of fused-ring (bicyclic) bond motifs is 1. The molecule has 2 aromatic rings. The van der Waals surface area contributed by atoms with Crippen molar-refractivity contribution in [3.05, 3.63) is 23.2 Å². The Bertz CT molecular complexity index is 477. The van der Waals surface area contributed by atoms with Gasteiger partial charge in [-0.2, -0.15) is 4.39 Å². The van der Waals surface area contributed by atoms with E-state index in [0.717, 1.165) is 11.3 Å². The highest BCUT2D eigenvalue weighted by Crippen LogP contribution is 2.17. The van der Waals surface area contributed by atoms with Gasteiger partial charge in [-0.15, -0.1) is 0 Å². The molecule has 6 heteroatoms. The Kier molecular flexibility index (Phi) is 2.20. The molecule has 0 bridgehead atoms. The van der Waals surface area contributed by atoms with Crippen LogP contribution in [0.1, 0.15) is 17.4 Å². The van der Waals surface area contributed by atoms with Crippen LogP contribution in [0.3, 0.4) is 0 Å². The highest BCUT2D eigenvalue weighted by atomic mass is 32.1. The molecule has 0 spiro atoms. The van der Waals surface area contributed by atoms with Gasteiger partial charge >= 0.3 is 5.97 Å². The molecule has 0 saturated heterocycles. The number of hydrogen-bond donors (Lipinski definition) is 0. The van der Waals surface area contributed by atoms with Crippen molar-refractivity contribution in [3.8, 4) is 0 Å². The van der Waals surface area contributed by atoms with Gasteiger partial charge in [0, 0.05) is 0 Å². The summed E-state index contributed by atoms with van der Waals surface area (Å²) in [6.07, 6.45) is 2.60. The van der Waals surface area contributed by atoms with E-state index in [0.29, 0.717) is 11.6 Å². The average molecular weight is 214 g/mol. The lowest BCUT2D eigenvalue weighted by Crippen LogP contribution is -2.06. The summed E-state index contributed by atoms with van der Waals surface area (Å²) in [5.41, 5.74) is 0.252. The quantitative estimate of drug-likeness (QED) is 0.715. The first kappa shape index (κ1) is 9.14. The minimum Gasteiger partial charge on any atom is -0.461 e. The van der Waals surface area contributed by atoms with Crippen LogP contribution < -0.4 is 0 Å². The highest BCUT2D eigenvalue weighted by molar-refractivity contribution is 7.15. The molecule has 0 N–H and O–H groups in total. The summed E-state index contributed by atoms with van der Waals surface area (Å²) in [4.78, 5) is 15.7. The lowest BCUT2D eigenvalue weighted by atomic mass is 10.5. The second-order valence-electron chi connectivity index (χ2n) is 2.55. The van der Waals surface area contributed by atoms with Crippen molar-refractivity contribution in [2.45, 2.75) is 6.92 Å². The van der Waals surface area contributed by atoms with E-state index < -0.39 is 5.97 Å². The topological polar surface area (TPSA) is 43.6 Å². The predicted molar refractivity (Wildman–Crippen MR) is 49.0 cm³/mol. The minimum atomic E-state index is -0.488. The smallest absolute Gasteiger partial charge is 0.356 e. The summed E-state index contributed by atoms with van der Waals surface area (Å²) in [5, 5.41) is -0.376. The second kappa shape index (κ2) is 3.38. The molecule has 0 radical (unpaired) electrons. The van der Waals surface area contributed by atoms with Gasteiger partial charge < -0.3 is 4.74 Å². The van der Waals surface area contributed by atoms with Crippen LogP contribution in [-0.4, -0.2) is 22.0 Å². The predicted octanol–water partition coefficient (Wildman–Crippen LogP) is 1.71. The van der Waals surface area contributed by atoms with Crippen molar-refractivity contribution >= 4 is 22.3 Å². The molecule has 2 aromatic heterocycles. The van der Waals surface area contributed by atoms with E-state index in [9.17, 15) is 9.18 Å². The number of thiazole rings is 1. The van der Waals surface area contributed by atoms with Gasteiger partial charge in [-0.3, -0.25) is 4.40 Å². The molecule has 0 fully saturated rings. The third-order valence-electron chi connectivity index (χ3n) is 1.67. The number of aromatic nitrogens is 2. The van der Waals surface area contributed by atoms with Crippen molar-refractivity contribution in [1.82, 2.24) is 9.38 Å². The number of nitrogens with zero attached hydrogens (tertiary/aromatic N) is 2. The van der Waals surface area contributed by atoms with Crippen LogP contribution in [0.25, 0.3) is 4.96 Å². The third-order valence-corrected chi connectivity index (χ3v) is 2.45. The molecule has 0 aromatic carbocycles. The van der Waals surface area contributed by atoms with Gasteiger partial charge in [0.05, 0.1) is 19.0 Å². The molecule has 4 nitrogen and oxygen atoms in total. The summed E-state index contributed by atoms with van der Waals surface area (Å²) < 4.78 is 19.0.